The van der Waals surface area contributed by atoms with E-state index in [0.717, 1.165) is 25.7 Å². The summed E-state index contributed by atoms with van der Waals surface area (Å²) in [6, 6.07) is 3.65. The second kappa shape index (κ2) is 5.16. The molecule has 1 aliphatic heterocycles. The molecule has 1 saturated heterocycles. The van der Waals surface area contributed by atoms with Crippen molar-refractivity contribution < 1.29 is 8.78 Å². The Morgan fingerprint density at radius 2 is 2.00 bits per heavy atom. The number of anilines is 1. The number of halogens is 2. The lowest BCUT2D eigenvalue weighted by Gasteiger charge is -2.30. The Morgan fingerprint density at radius 3 is 2.70 bits per heavy atom. The van der Waals surface area contributed by atoms with Crippen LogP contribution in [-0.4, -0.2) is 40.9 Å². The molecule has 106 valence electrons. The number of hydrogen-bond acceptors (Lipinski definition) is 4. The Bertz CT molecular complexity index is 592. The van der Waals surface area contributed by atoms with Crippen LogP contribution in [0.5, 0.6) is 0 Å². The van der Waals surface area contributed by atoms with E-state index in [1.54, 1.807) is 0 Å². The van der Waals surface area contributed by atoms with E-state index in [4.69, 9.17) is 0 Å². The van der Waals surface area contributed by atoms with Crippen molar-refractivity contribution >= 4 is 5.95 Å². The summed E-state index contributed by atoms with van der Waals surface area (Å²) in [4.78, 5) is 6.36. The van der Waals surface area contributed by atoms with Crippen LogP contribution in [0.1, 0.15) is 6.92 Å². The van der Waals surface area contributed by atoms with Crippen LogP contribution in [0, 0.1) is 11.6 Å². The molecule has 1 aromatic heterocycles. The minimum absolute atomic E-state index is 0.351. The summed E-state index contributed by atoms with van der Waals surface area (Å²) >= 11 is 0. The molecule has 0 radical (unpaired) electrons. The molecule has 7 heteroatoms. The highest BCUT2D eigenvalue weighted by Gasteiger charge is 2.19. The van der Waals surface area contributed by atoms with E-state index in [-0.39, 0.29) is 0 Å². The van der Waals surface area contributed by atoms with Crippen LogP contribution < -0.4 is 10.2 Å². The average molecular weight is 279 g/mol. The van der Waals surface area contributed by atoms with E-state index in [1.165, 1.54) is 12.1 Å². The molecule has 2 N–H and O–H groups in total. The second-order valence-corrected chi connectivity index (χ2v) is 4.94. The second-order valence-electron chi connectivity index (χ2n) is 4.94. The molecular weight excluding hydrogens is 264 g/mol. The molecule has 1 aliphatic rings. The molecule has 2 heterocycles. The maximum atomic E-state index is 13.2. The molecule has 0 spiro atoms. The fraction of sp³-hybridized carbons (Fsp3) is 0.385. The van der Waals surface area contributed by atoms with Gasteiger partial charge in [-0.1, -0.05) is 0 Å². The number of piperazine rings is 1. The Hall–Kier alpha value is -2.02. The van der Waals surface area contributed by atoms with Crippen LogP contribution in [0.15, 0.2) is 18.2 Å². The van der Waals surface area contributed by atoms with Gasteiger partial charge in [0.05, 0.1) is 0 Å². The SMILES string of the molecule is C[C@@H]1CN(c2n[nH]c(-c3cc(F)cc(F)c3)n2)CCN1. The quantitative estimate of drug-likeness (QED) is 0.875. The molecule has 1 fully saturated rings. The van der Waals surface area contributed by atoms with Gasteiger partial charge in [0.1, 0.15) is 11.6 Å². The Labute approximate surface area is 115 Å². The van der Waals surface area contributed by atoms with Gasteiger partial charge in [-0.2, -0.15) is 4.98 Å². The zero-order valence-corrected chi connectivity index (χ0v) is 11.0. The van der Waals surface area contributed by atoms with Gasteiger partial charge < -0.3 is 10.2 Å². The molecule has 1 atom stereocenters. The third-order valence-electron chi connectivity index (χ3n) is 3.26. The first kappa shape index (κ1) is 13.0. The van der Waals surface area contributed by atoms with E-state index < -0.39 is 11.6 Å². The fourth-order valence-corrected chi connectivity index (χ4v) is 2.33. The number of aromatic nitrogens is 3. The lowest BCUT2D eigenvalue weighted by molar-refractivity contribution is 0.480. The van der Waals surface area contributed by atoms with Gasteiger partial charge in [-0.3, -0.25) is 5.10 Å². The normalized spacial score (nSPS) is 19.4. The number of nitrogens with zero attached hydrogens (tertiary/aromatic N) is 3. The molecule has 3 rings (SSSR count). The highest BCUT2D eigenvalue weighted by atomic mass is 19.1. The van der Waals surface area contributed by atoms with E-state index in [0.29, 0.717) is 23.4 Å². The summed E-state index contributed by atoms with van der Waals surface area (Å²) in [7, 11) is 0. The van der Waals surface area contributed by atoms with E-state index in [2.05, 4.69) is 27.4 Å². The van der Waals surface area contributed by atoms with Gasteiger partial charge in [0.15, 0.2) is 5.82 Å². The number of benzene rings is 1. The predicted molar refractivity (Wildman–Crippen MR) is 71.4 cm³/mol. The van der Waals surface area contributed by atoms with Crippen molar-refractivity contribution in [3.05, 3.63) is 29.8 Å². The molecular formula is C13H15F2N5. The molecule has 0 aliphatic carbocycles. The first-order chi connectivity index (χ1) is 9.61. The van der Waals surface area contributed by atoms with Crippen LogP contribution in [0.25, 0.3) is 11.4 Å². The smallest absolute Gasteiger partial charge is 0.245 e. The van der Waals surface area contributed by atoms with Crippen molar-refractivity contribution in [2.75, 3.05) is 24.5 Å². The van der Waals surface area contributed by atoms with Crippen molar-refractivity contribution in [2.24, 2.45) is 0 Å². The van der Waals surface area contributed by atoms with Crippen molar-refractivity contribution in [2.45, 2.75) is 13.0 Å². The van der Waals surface area contributed by atoms with E-state index in [1.807, 2.05) is 4.90 Å². The van der Waals surface area contributed by atoms with Crippen molar-refractivity contribution in [3.8, 4) is 11.4 Å². The summed E-state index contributed by atoms with van der Waals surface area (Å²) in [5.41, 5.74) is 0.351. The van der Waals surface area contributed by atoms with Crippen molar-refractivity contribution in [3.63, 3.8) is 0 Å². The minimum Gasteiger partial charge on any atom is -0.337 e. The van der Waals surface area contributed by atoms with Gasteiger partial charge >= 0.3 is 0 Å². The van der Waals surface area contributed by atoms with Gasteiger partial charge in [-0.15, -0.1) is 5.10 Å². The molecule has 0 bridgehead atoms. The van der Waals surface area contributed by atoms with Crippen molar-refractivity contribution in [1.29, 1.82) is 0 Å². The minimum atomic E-state index is -0.631. The highest BCUT2D eigenvalue weighted by Crippen LogP contribution is 2.20. The summed E-state index contributed by atoms with van der Waals surface area (Å²) in [6.45, 7) is 4.55. The number of nitrogens with one attached hydrogen (secondary N) is 2. The number of rotatable bonds is 2. The first-order valence-electron chi connectivity index (χ1n) is 6.49. The largest absolute Gasteiger partial charge is 0.337 e. The molecule has 0 amide bonds. The summed E-state index contributed by atoms with van der Waals surface area (Å²) < 4.78 is 26.4. The van der Waals surface area contributed by atoms with Crippen LogP contribution in [-0.2, 0) is 0 Å². The van der Waals surface area contributed by atoms with Crippen LogP contribution in [0.4, 0.5) is 14.7 Å². The lowest BCUT2D eigenvalue weighted by atomic mass is 10.2. The van der Waals surface area contributed by atoms with Crippen LogP contribution >= 0.6 is 0 Å². The number of H-pyrrole nitrogens is 1. The summed E-state index contributed by atoms with van der Waals surface area (Å²) in [6.07, 6.45) is 0. The number of hydrogen-bond donors (Lipinski definition) is 2. The van der Waals surface area contributed by atoms with Gasteiger partial charge in [0.2, 0.25) is 5.95 Å². The first-order valence-corrected chi connectivity index (χ1v) is 6.49. The Morgan fingerprint density at radius 1 is 1.25 bits per heavy atom. The van der Waals surface area contributed by atoms with Crippen LogP contribution in [0.3, 0.4) is 0 Å². The summed E-state index contributed by atoms with van der Waals surface area (Å²) in [5, 5.41) is 10.2. The molecule has 2 aromatic rings. The topological polar surface area (TPSA) is 56.8 Å². The number of aromatic amines is 1. The fourth-order valence-electron chi connectivity index (χ4n) is 2.33. The van der Waals surface area contributed by atoms with Gasteiger partial charge in [0.25, 0.3) is 0 Å². The Kier molecular flexibility index (Phi) is 3.35. The molecule has 0 unspecified atom stereocenters. The molecule has 5 nitrogen and oxygen atoms in total. The van der Waals surface area contributed by atoms with Crippen molar-refractivity contribution in [1.82, 2.24) is 20.5 Å². The standard InChI is InChI=1S/C13H15F2N5/c1-8-7-20(3-2-16-8)13-17-12(18-19-13)9-4-10(14)6-11(15)5-9/h4-6,8,16H,2-3,7H2,1H3,(H,17,18,19)/t8-/m1/s1. The van der Waals surface area contributed by atoms with Gasteiger partial charge in [-0.25, -0.2) is 8.78 Å². The highest BCUT2D eigenvalue weighted by molar-refractivity contribution is 5.56. The third-order valence-corrected chi connectivity index (χ3v) is 3.26. The van der Waals surface area contributed by atoms with Gasteiger partial charge in [0, 0.05) is 37.3 Å². The Balaban J connectivity index is 1.86. The monoisotopic (exact) mass is 279 g/mol. The van der Waals surface area contributed by atoms with Crippen LogP contribution in [0.2, 0.25) is 0 Å². The predicted octanol–water partition coefficient (Wildman–Crippen LogP) is 1.55. The maximum absolute atomic E-state index is 13.2. The van der Waals surface area contributed by atoms with E-state index >= 15 is 0 Å². The zero-order valence-electron chi connectivity index (χ0n) is 11.0. The zero-order chi connectivity index (χ0) is 14.1. The molecule has 20 heavy (non-hydrogen) atoms. The average Bonchev–Trinajstić information content (AvgIpc) is 2.87. The summed E-state index contributed by atoms with van der Waals surface area (Å²) in [5.74, 6) is -0.343. The third kappa shape index (κ3) is 2.62. The van der Waals surface area contributed by atoms with Gasteiger partial charge in [-0.05, 0) is 19.1 Å². The molecule has 0 saturated carbocycles. The maximum Gasteiger partial charge on any atom is 0.245 e. The lowest BCUT2D eigenvalue weighted by Crippen LogP contribution is -2.49. The van der Waals surface area contributed by atoms with E-state index in [9.17, 15) is 8.78 Å². The molecule has 1 aromatic carbocycles.